The van der Waals surface area contributed by atoms with E-state index in [-0.39, 0.29) is 12.0 Å². The highest BCUT2D eigenvalue weighted by molar-refractivity contribution is 5.81. The van der Waals surface area contributed by atoms with Gasteiger partial charge in [0.1, 0.15) is 11.9 Å². The van der Waals surface area contributed by atoms with Crippen molar-refractivity contribution in [1.29, 1.82) is 0 Å². The third-order valence-corrected chi connectivity index (χ3v) is 6.07. The number of aromatic nitrogens is 2. The lowest BCUT2D eigenvalue weighted by Gasteiger charge is -2.36. The van der Waals surface area contributed by atoms with Gasteiger partial charge in [-0.3, -0.25) is 9.69 Å². The Labute approximate surface area is 150 Å². The number of nitrogens with zero attached hydrogens (tertiary/aromatic N) is 4. The van der Waals surface area contributed by atoms with Gasteiger partial charge in [0.05, 0.1) is 11.4 Å². The second-order valence-corrected chi connectivity index (χ2v) is 7.83. The molecule has 0 saturated carbocycles. The Kier molecular flexibility index (Phi) is 4.82. The van der Waals surface area contributed by atoms with Crippen molar-refractivity contribution < 1.29 is 9.53 Å². The minimum atomic E-state index is -0.212. The van der Waals surface area contributed by atoms with Crippen LogP contribution in [-0.4, -0.2) is 64.1 Å². The number of piperazine rings is 1. The molecule has 138 valence electrons. The van der Waals surface area contributed by atoms with Gasteiger partial charge in [-0.05, 0) is 32.1 Å². The molecule has 0 aromatic carbocycles. The van der Waals surface area contributed by atoms with Gasteiger partial charge >= 0.3 is 0 Å². The summed E-state index contributed by atoms with van der Waals surface area (Å²) >= 11 is 0. The van der Waals surface area contributed by atoms with Crippen molar-refractivity contribution in [3.05, 3.63) is 17.2 Å². The summed E-state index contributed by atoms with van der Waals surface area (Å²) < 4.78 is 8.09. The topological polar surface area (TPSA) is 50.6 Å². The number of amides is 1. The minimum Gasteiger partial charge on any atom is -0.368 e. The summed E-state index contributed by atoms with van der Waals surface area (Å²) in [5.41, 5.74) is 2.56. The maximum atomic E-state index is 12.6. The van der Waals surface area contributed by atoms with Gasteiger partial charge in [0.2, 0.25) is 0 Å². The highest BCUT2D eigenvalue weighted by atomic mass is 16.5. The number of aryl methyl sites for hydroxylation is 2. The molecule has 25 heavy (non-hydrogen) atoms. The molecule has 3 aliphatic rings. The summed E-state index contributed by atoms with van der Waals surface area (Å²) in [5, 5.41) is 0. The lowest BCUT2D eigenvalue weighted by atomic mass is 10.0. The van der Waals surface area contributed by atoms with E-state index in [9.17, 15) is 4.79 Å². The predicted molar refractivity (Wildman–Crippen MR) is 95.3 cm³/mol. The van der Waals surface area contributed by atoms with Crippen LogP contribution in [0.4, 0.5) is 0 Å². The summed E-state index contributed by atoms with van der Waals surface area (Å²) in [7, 11) is 0. The molecule has 0 N–H and O–H groups in total. The van der Waals surface area contributed by atoms with Gasteiger partial charge in [-0.25, -0.2) is 4.98 Å². The van der Waals surface area contributed by atoms with E-state index < -0.39 is 0 Å². The number of rotatable bonds is 3. The zero-order chi connectivity index (χ0) is 17.4. The van der Waals surface area contributed by atoms with Crippen LogP contribution in [0, 0.1) is 12.8 Å². The average molecular weight is 346 g/mol. The Bertz CT molecular complexity index is 634. The van der Waals surface area contributed by atoms with Crippen LogP contribution < -0.4 is 0 Å². The van der Waals surface area contributed by atoms with Crippen molar-refractivity contribution in [2.24, 2.45) is 5.92 Å². The molecule has 0 radical (unpaired) electrons. The molecular weight excluding hydrogens is 316 g/mol. The Morgan fingerprint density at radius 2 is 2.00 bits per heavy atom. The van der Waals surface area contributed by atoms with E-state index in [1.165, 1.54) is 30.1 Å². The molecule has 1 aromatic heterocycles. The lowest BCUT2D eigenvalue weighted by Crippen LogP contribution is -2.52. The number of fused-ring (bicyclic) bond motifs is 1. The minimum absolute atomic E-state index is 0.197. The van der Waals surface area contributed by atoms with E-state index in [1.54, 1.807) is 0 Å². The molecule has 3 aliphatic heterocycles. The highest BCUT2D eigenvalue weighted by Crippen LogP contribution is 2.24. The highest BCUT2D eigenvalue weighted by Gasteiger charge is 2.35. The standard InChI is InChI=1S/C19H30N4O2/c1-14-6-12-25-18(14)19(24)22-10-8-21(9-11-22)13-16-15(2)20-17-5-3-4-7-23(16)17/h14,18H,3-13H2,1-2H3. The maximum absolute atomic E-state index is 12.6. The zero-order valence-electron chi connectivity index (χ0n) is 15.5. The fourth-order valence-electron chi connectivity index (χ4n) is 4.41. The van der Waals surface area contributed by atoms with Gasteiger partial charge in [-0.1, -0.05) is 6.92 Å². The van der Waals surface area contributed by atoms with Gasteiger partial charge in [-0.2, -0.15) is 0 Å². The van der Waals surface area contributed by atoms with Crippen molar-refractivity contribution in [2.75, 3.05) is 32.8 Å². The van der Waals surface area contributed by atoms with E-state index in [0.717, 1.165) is 58.7 Å². The molecule has 2 fully saturated rings. The van der Waals surface area contributed by atoms with E-state index in [4.69, 9.17) is 9.72 Å². The zero-order valence-corrected chi connectivity index (χ0v) is 15.5. The predicted octanol–water partition coefficient (Wildman–Crippen LogP) is 1.60. The summed E-state index contributed by atoms with van der Waals surface area (Å²) in [4.78, 5) is 21.9. The van der Waals surface area contributed by atoms with Gasteiger partial charge in [-0.15, -0.1) is 0 Å². The average Bonchev–Trinajstić information content (AvgIpc) is 3.19. The molecule has 0 aliphatic carbocycles. The molecule has 2 atom stereocenters. The molecule has 1 amide bonds. The molecule has 4 rings (SSSR count). The number of ether oxygens (including phenoxy) is 1. The van der Waals surface area contributed by atoms with E-state index >= 15 is 0 Å². The van der Waals surface area contributed by atoms with Crippen molar-refractivity contribution in [2.45, 2.75) is 58.7 Å². The van der Waals surface area contributed by atoms with Gasteiger partial charge < -0.3 is 14.2 Å². The molecule has 2 saturated heterocycles. The number of hydrogen-bond donors (Lipinski definition) is 0. The number of hydrogen-bond acceptors (Lipinski definition) is 4. The Morgan fingerprint density at radius 1 is 1.20 bits per heavy atom. The van der Waals surface area contributed by atoms with Crippen LogP contribution in [0.25, 0.3) is 0 Å². The van der Waals surface area contributed by atoms with E-state index in [1.807, 2.05) is 4.90 Å². The van der Waals surface area contributed by atoms with Crippen molar-refractivity contribution in [1.82, 2.24) is 19.4 Å². The van der Waals surface area contributed by atoms with Crippen LogP contribution in [-0.2, 0) is 29.0 Å². The largest absolute Gasteiger partial charge is 0.368 e. The molecule has 0 bridgehead atoms. The Morgan fingerprint density at radius 3 is 2.72 bits per heavy atom. The molecule has 2 unspecified atom stereocenters. The Balaban J connectivity index is 1.35. The fourth-order valence-corrected chi connectivity index (χ4v) is 4.41. The van der Waals surface area contributed by atoms with Crippen LogP contribution in [0.2, 0.25) is 0 Å². The van der Waals surface area contributed by atoms with Gasteiger partial charge in [0.15, 0.2) is 0 Å². The number of imidazole rings is 1. The molecule has 6 nitrogen and oxygen atoms in total. The first-order valence-electron chi connectivity index (χ1n) is 9.81. The van der Waals surface area contributed by atoms with Crippen LogP contribution in [0.1, 0.15) is 43.4 Å². The molecule has 6 heteroatoms. The first-order chi connectivity index (χ1) is 12.1. The monoisotopic (exact) mass is 346 g/mol. The summed E-state index contributed by atoms with van der Waals surface area (Å²) in [6.45, 7) is 10.5. The normalized spacial score (nSPS) is 27.5. The van der Waals surface area contributed by atoms with Gasteiger partial charge in [0, 0.05) is 52.3 Å². The third-order valence-electron chi connectivity index (χ3n) is 6.07. The van der Waals surface area contributed by atoms with Crippen LogP contribution in [0.3, 0.4) is 0 Å². The molecule has 0 spiro atoms. The summed E-state index contributed by atoms with van der Waals surface area (Å²) in [6, 6.07) is 0. The molecular formula is C19H30N4O2. The van der Waals surface area contributed by atoms with Crippen molar-refractivity contribution >= 4 is 5.91 Å². The first kappa shape index (κ1) is 17.0. The quantitative estimate of drug-likeness (QED) is 0.834. The molecule has 1 aromatic rings. The van der Waals surface area contributed by atoms with Crippen LogP contribution >= 0.6 is 0 Å². The van der Waals surface area contributed by atoms with E-state index in [2.05, 4.69) is 23.3 Å². The van der Waals surface area contributed by atoms with Crippen molar-refractivity contribution in [3.63, 3.8) is 0 Å². The van der Waals surface area contributed by atoms with Crippen LogP contribution in [0.15, 0.2) is 0 Å². The Hall–Kier alpha value is -1.40. The number of carbonyl (C=O) groups is 1. The smallest absolute Gasteiger partial charge is 0.252 e. The summed E-state index contributed by atoms with van der Waals surface area (Å²) in [5.74, 6) is 1.81. The third kappa shape index (κ3) is 3.34. The second-order valence-electron chi connectivity index (χ2n) is 7.83. The maximum Gasteiger partial charge on any atom is 0.252 e. The lowest BCUT2D eigenvalue weighted by molar-refractivity contribution is -0.144. The fraction of sp³-hybridized carbons (Fsp3) is 0.789. The van der Waals surface area contributed by atoms with E-state index in [0.29, 0.717) is 5.92 Å². The van der Waals surface area contributed by atoms with Gasteiger partial charge in [0.25, 0.3) is 5.91 Å². The van der Waals surface area contributed by atoms with Crippen molar-refractivity contribution in [3.8, 4) is 0 Å². The number of carbonyl (C=O) groups excluding carboxylic acids is 1. The summed E-state index contributed by atoms with van der Waals surface area (Å²) in [6.07, 6.45) is 4.43. The van der Waals surface area contributed by atoms with Crippen LogP contribution in [0.5, 0.6) is 0 Å². The molecule has 4 heterocycles. The second kappa shape index (κ2) is 7.08. The first-order valence-corrected chi connectivity index (χ1v) is 9.81. The SMILES string of the molecule is Cc1nc2n(c1CN1CCN(C(=O)C3OCCC3C)CC1)CCCC2.